The van der Waals surface area contributed by atoms with Gasteiger partial charge in [0.05, 0.1) is 0 Å². The van der Waals surface area contributed by atoms with E-state index in [0.717, 1.165) is 18.4 Å². The molecule has 0 aliphatic carbocycles. The number of nitrogens with two attached hydrogens (primary N) is 1. The summed E-state index contributed by atoms with van der Waals surface area (Å²) in [6.45, 7) is 5.34. The predicted octanol–water partition coefficient (Wildman–Crippen LogP) is 1.90. The van der Waals surface area contributed by atoms with Crippen LogP contribution < -0.4 is 5.73 Å². The lowest BCUT2D eigenvalue weighted by Crippen LogP contribution is -2.49. The van der Waals surface area contributed by atoms with E-state index < -0.39 is 0 Å². The van der Waals surface area contributed by atoms with Gasteiger partial charge in [-0.1, -0.05) is 19.4 Å². The van der Waals surface area contributed by atoms with Crippen molar-refractivity contribution in [2.24, 2.45) is 11.7 Å². The number of nitrogens with zero attached hydrogens (tertiary/aromatic N) is 1. The monoisotopic (exact) mass is 262 g/mol. The lowest BCUT2D eigenvalue weighted by atomic mass is 9.90. The lowest BCUT2D eigenvalue weighted by Gasteiger charge is -2.36. The summed E-state index contributed by atoms with van der Waals surface area (Å²) in [6, 6.07) is 5.29. The highest BCUT2D eigenvalue weighted by atomic mass is 16.3. The van der Waals surface area contributed by atoms with Crippen LogP contribution in [0.2, 0.25) is 0 Å². The van der Waals surface area contributed by atoms with Gasteiger partial charge < -0.3 is 15.7 Å². The highest BCUT2D eigenvalue weighted by Crippen LogP contribution is 2.23. The van der Waals surface area contributed by atoms with E-state index in [9.17, 15) is 9.90 Å². The van der Waals surface area contributed by atoms with Crippen molar-refractivity contribution in [3.63, 3.8) is 0 Å². The highest BCUT2D eigenvalue weighted by Gasteiger charge is 2.28. The summed E-state index contributed by atoms with van der Waals surface area (Å²) in [5.74, 6) is 0.531. The topological polar surface area (TPSA) is 66.6 Å². The fourth-order valence-electron chi connectivity index (χ4n) is 2.59. The Labute approximate surface area is 114 Å². The molecule has 0 aromatic heterocycles. The number of aromatic hydroxyl groups is 1. The molecule has 1 aliphatic heterocycles. The molecule has 1 aliphatic rings. The van der Waals surface area contributed by atoms with Gasteiger partial charge in [-0.05, 0) is 37.0 Å². The number of phenolic OH excluding ortho intramolecular Hbond substituents is 1. The van der Waals surface area contributed by atoms with Crippen LogP contribution in [0.25, 0.3) is 0 Å². The molecule has 3 N–H and O–H groups in total. The number of carbonyl (C=O) groups is 1. The number of benzene rings is 1. The molecule has 0 radical (unpaired) electrons. The number of rotatable bonds is 2. The van der Waals surface area contributed by atoms with Gasteiger partial charge in [0.25, 0.3) is 5.91 Å². The molecule has 1 heterocycles. The third kappa shape index (κ3) is 2.89. The predicted molar refractivity (Wildman–Crippen MR) is 75.1 cm³/mol. The molecule has 4 heteroatoms. The number of phenols is 1. The van der Waals surface area contributed by atoms with Crippen molar-refractivity contribution >= 4 is 5.91 Å². The highest BCUT2D eigenvalue weighted by molar-refractivity contribution is 5.94. The van der Waals surface area contributed by atoms with Crippen molar-refractivity contribution < 1.29 is 9.90 Å². The smallest absolute Gasteiger partial charge is 0.253 e. The van der Waals surface area contributed by atoms with Gasteiger partial charge in [0.15, 0.2) is 0 Å². The minimum absolute atomic E-state index is 0.0133. The minimum atomic E-state index is -0.0133. The number of amides is 1. The molecule has 19 heavy (non-hydrogen) atoms. The van der Waals surface area contributed by atoms with Gasteiger partial charge in [0, 0.05) is 24.7 Å². The second kappa shape index (κ2) is 5.61. The van der Waals surface area contributed by atoms with Crippen LogP contribution in [0, 0.1) is 12.8 Å². The molecule has 4 nitrogen and oxygen atoms in total. The van der Waals surface area contributed by atoms with Crippen LogP contribution in [0.1, 0.15) is 35.7 Å². The van der Waals surface area contributed by atoms with E-state index in [-0.39, 0.29) is 17.7 Å². The zero-order chi connectivity index (χ0) is 14.0. The Hall–Kier alpha value is -1.55. The van der Waals surface area contributed by atoms with Crippen LogP contribution >= 0.6 is 0 Å². The molecule has 1 aromatic rings. The van der Waals surface area contributed by atoms with Crippen molar-refractivity contribution in [1.82, 2.24) is 4.90 Å². The molecular weight excluding hydrogens is 240 g/mol. The Kier molecular flexibility index (Phi) is 4.10. The molecule has 0 saturated carbocycles. The molecule has 2 atom stereocenters. The number of aryl methyl sites for hydroxylation is 1. The maximum absolute atomic E-state index is 12.4. The zero-order valence-electron chi connectivity index (χ0n) is 11.6. The summed E-state index contributed by atoms with van der Waals surface area (Å²) < 4.78 is 0. The molecule has 1 aromatic carbocycles. The maximum Gasteiger partial charge on any atom is 0.253 e. The quantitative estimate of drug-likeness (QED) is 0.855. The van der Waals surface area contributed by atoms with Crippen molar-refractivity contribution in [1.29, 1.82) is 0 Å². The lowest BCUT2D eigenvalue weighted by molar-refractivity contribution is 0.0649. The Balaban J connectivity index is 2.13. The first kappa shape index (κ1) is 13.9. The average molecular weight is 262 g/mol. The van der Waals surface area contributed by atoms with Crippen LogP contribution in [0.3, 0.4) is 0 Å². The number of carbonyl (C=O) groups excluding carboxylic acids is 1. The Morgan fingerprint density at radius 1 is 1.53 bits per heavy atom. The van der Waals surface area contributed by atoms with Crippen molar-refractivity contribution in [2.75, 3.05) is 13.1 Å². The van der Waals surface area contributed by atoms with Gasteiger partial charge in [-0.2, -0.15) is 0 Å². The van der Waals surface area contributed by atoms with E-state index in [1.165, 1.54) is 0 Å². The van der Waals surface area contributed by atoms with Gasteiger partial charge in [-0.25, -0.2) is 0 Å². The Morgan fingerprint density at radius 3 is 2.89 bits per heavy atom. The summed E-state index contributed by atoms with van der Waals surface area (Å²) in [6.07, 6.45) is 1.84. The summed E-state index contributed by atoms with van der Waals surface area (Å²) in [7, 11) is 0. The molecule has 1 fully saturated rings. The first-order valence-corrected chi connectivity index (χ1v) is 6.87. The maximum atomic E-state index is 12.4. The van der Waals surface area contributed by atoms with Crippen LogP contribution in [0.15, 0.2) is 18.2 Å². The molecule has 2 unspecified atom stereocenters. The average Bonchev–Trinajstić information content (AvgIpc) is 2.41. The van der Waals surface area contributed by atoms with E-state index in [0.29, 0.717) is 24.6 Å². The fourth-order valence-corrected chi connectivity index (χ4v) is 2.59. The van der Waals surface area contributed by atoms with E-state index in [1.54, 1.807) is 18.2 Å². The zero-order valence-corrected chi connectivity index (χ0v) is 11.6. The van der Waals surface area contributed by atoms with Crippen LogP contribution in [-0.4, -0.2) is 35.0 Å². The Morgan fingerprint density at radius 2 is 2.26 bits per heavy atom. The summed E-state index contributed by atoms with van der Waals surface area (Å²) in [4.78, 5) is 14.3. The molecule has 104 valence electrons. The number of hydrogen-bond acceptors (Lipinski definition) is 3. The molecule has 0 spiro atoms. The summed E-state index contributed by atoms with van der Waals surface area (Å²) >= 11 is 0. The van der Waals surface area contributed by atoms with E-state index >= 15 is 0 Å². The molecule has 1 amide bonds. The molecule has 0 bridgehead atoms. The van der Waals surface area contributed by atoms with Crippen molar-refractivity contribution in [3.8, 4) is 5.75 Å². The molecular formula is C15H22N2O2. The number of hydrogen-bond donors (Lipinski definition) is 2. The largest absolute Gasteiger partial charge is 0.508 e. The van der Waals surface area contributed by atoms with Gasteiger partial charge in [0.1, 0.15) is 5.75 Å². The van der Waals surface area contributed by atoms with Gasteiger partial charge in [0.2, 0.25) is 0 Å². The van der Waals surface area contributed by atoms with E-state index in [2.05, 4.69) is 6.92 Å². The molecule has 1 saturated heterocycles. The first-order chi connectivity index (χ1) is 9.02. The summed E-state index contributed by atoms with van der Waals surface area (Å²) in [5.41, 5.74) is 7.39. The van der Waals surface area contributed by atoms with Gasteiger partial charge in [-0.15, -0.1) is 0 Å². The van der Waals surface area contributed by atoms with Gasteiger partial charge in [-0.3, -0.25) is 4.79 Å². The van der Waals surface area contributed by atoms with Crippen LogP contribution in [-0.2, 0) is 0 Å². The minimum Gasteiger partial charge on any atom is -0.508 e. The first-order valence-electron chi connectivity index (χ1n) is 6.87. The second-order valence-corrected chi connectivity index (χ2v) is 5.37. The van der Waals surface area contributed by atoms with E-state index in [1.807, 2.05) is 11.8 Å². The van der Waals surface area contributed by atoms with Gasteiger partial charge >= 0.3 is 0 Å². The Bertz CT molecular complexity index is 473. The van der Waals surface area contributed by atoms with Crippen LogP contribution in [0.5, 0.6) is 5.75 Å². The second-order valence-electron chi connectivity index (χ2n) is 5.37. The van der Waals surface area contributed by atoms with Crippen LogP contribution in [0.4, 0.5) is 0 Å². The van der Waals surface area contributed by atoms with E-state index in [4.69, 9.17) is 5.73 Å². The SMILES string of the molecule is CCC1CN(C(=O)c2ccc(C)c(O)c2)CCC1N. The third-order valence-electron chi connectivity index (χ3n) is 4.06. The normalized spacial score (nSPS) is 23.4. The van der Waals surface area contributed by atoms with Crippen molar-refractivity contribution in [2.45, 2.75) is 32.7 Å². The summed E-state index contributed by atoms with van der Waals surface area (Å²) in [5, 5.41) is 9.70. The standard InChI is InChI=1S/C15H22N2O2/c1-3-11-9-17(7-6-13(11)16)15(19)12-5-4-10(2)14(18)8-12/h4-5,8,11,13,18H,3,6-7,9,16H2,1-2H3. The molecule has 2 rings (SSSR count). The fraction of sp³-hybridized carbons (Fsp3) is 0.533. The number of likely N-dealkylation sites (tertiary alicyclic amines) is 1. The third-order valence-corrected chi connectivity index (χ3v) is 4.06. The number of piperidine rings is 1. The van der Waals surface area contributed by atoms with Crippen molar-refractivity contribution in [3.05, 3.63) is 29.3 Å².